The van der Waals surface area contributed by atoms with Crippen molar-refractivity contribution in [1.29, 1.82) is 5.26 Å². The summed E-state index contributed by atoms with van der Waals surface area (Å²) in [5.74, 6) is -0.545. The van der Waals surface area contributed by atoms with E-state index in [1.165, 1.54) is 23.8 Å². The third kappa shape index (κ3) is 3.15. The number of hydrogen-bond donors (Lipinski definition) is 0. The van der Waals surface area contributed by atoms with Crippen molar-refractivity contribution in [3.05, 3.63) is 71.0 Å². The molecule has 0 aliphatic carbocycles. The molecular formula is C22H21FN2O. The summed E-state index contributed by atoms with van der Waals surface area (Å²) in [7, 11) is 0. The molecule has 4 rings (SSSR count). The van der Waals surface area contributed by atoms with E-state index in [-0.39, 0.29) is 17.3 Å². The SMILES string of the molecule is N#Cc1cc(C(=O)C2CC3CCC(C2)N3Cc2ccccc2)ccc1F. The van der Waals surface area contributed by atoms with Crippen molar-refractivity contribution in [2.24, 2.45) is 5.92 Å². The lowest BCUT2D eigenvalue weighted by molar-refractivity contribution is 0.0678. The average Bonchev–Trinajstić information content (AvgIpc) is 2.90. The third-order valence-corrected chi connectivity index (χ3v) is 5.83. The highest BCUT2D eigenvalue weighted by Crippen LogP contribution is 2.40. The number of rotatable bonds is 4. The normalized spacial score (nSPS) is 25.0. The second kappa shape index (κ2) is 7.01. The molecule has 2 aromatic carbocycles. The average molecular weight is 348 g/mol. The molecule has 0 amide bonds. The molecule has 132 valence electrons. The van der Waals surface area contributed by atoms with Gasteiger partial charge in [-0.25, -0.2) is 4.39 Å². The van der Waals surface area contributed by atoms with Crippen molar-refractivity contribution in [2.75, 3.05) is 0 Å². The molecule has 3 nitrogen and oxygen atoms in total. The van der Waals surface area contributed by atoms with Crippen LogP contribution in [0.4, 0.5) is 4.39 Å². The molecule has 0 N–H and O–H groups in total. The van der Waals surface area contributed by atoms with Crippen LogP contribution in [0.2, 0.25) is 0 Å². The maximum atomic E-state index is 13.5. The standard InChI is InChI=1S/C22H21FN2O/c23-21-9-6-16(10-18(21)13-24)22(26)17-11-19-7-8-20(12-17)25(19)14-15-4-2-1-3-5-15/h1-6,9-10,17,19-20H,7-8,11-12,14H2. The maximum Gasteiger partial charge on any atom is 0.166 e. The quantitative estimate of drug-likeness (QED) is 0.773. The molecule has 2 atom stereocenters. The molecule has 2 aliphatic heterocycles. The zero-order valence-electron chi connectivity index (χ0n) is 14.6. The van der Waals surface area contributed by atoms with E-state index in [2.05, 4.69) is 29.2 Å². The summed E-state index contributed by atoms with van der Waals surface area (Å²) in [6.07, 6.45) is 3.96. The zero-order valence-corrected chi connectivity index (χ0v) is 14.6. The minimum atomic E-state index is -0.568. The smallest absolute Gasteiger partial charge is 0.166 e. The van der Waals surface area contributed by atoms with E-state index in [0.29, 0.717) is 17.6 Å². The summed E-state index contributed by atoms with van der Waals surface area (Å²) in [5.41, 5.74) is 1.72. The summed E-state index contributed by atoms with van der Waals surface area (Å²) in [6, 6.07) is 17.3. The van der Waals surface area contributed by atoms with E-state index in [1.54, 1.807) is 0 Å². The second-order valence-corrected chi connectivity index (χ2v) is 7.38. The largest absolute Gasteiger partial charge is 0.294 e. The number of ketones is 1. The van der Waals surface area contributed by atoms with Crippen molar-refractivity contribution in [2.45, 2.75) is 44.3 Å². The number of piperidine rings is 1. The number of carbonyl (C=O) groups excluding carboxylic acids is 1. The van der Waals surface area contributed by atoms with Crippen molar-refractivity contribution in [3.63, 3.8) is 0 Å². The van der Waals surface area contributed by atoms with Gasteiger partial charge < -0.3 is 0 Å². The van der Waals surface area contributed by atoms with Crippen molar-refractivity contribution >= 4 is 5.78 Å². The van der Waals surface area contributed by atoms with Gasteiger partial charge in [0.2, 0.25) is 0 Å². The number of halogens is 1. The van der Waals surface area contributed by atoms with Gasteiger partial charge in [-0.05, 0) is 49.4 Å². The Morgan fingerprint density at radius 2 is 1.81 bits per heavy atom. The summed E-state index contributed by atoms with van der Waals surface area (Å²) < 4.78 is 13.5. The first-order valence-electron chi connectivity index (χ1n) is 9.19. The van der Waals surface area contributed by atoms with Gasteiger partial charge in [0.1, 0.15) is 11.9 Å². The number of carbonyl (C=O) groups is 1. The van der Waals surface area contributed by atoms with E-state index in [0.717, 1.165) is 32.2 Å². The Morgan fingerprint density at radius 3 is 2.46 bits per heavy atom. The number of nitrogens with zero attached hydrogens (tertiary/aromatic N) is 2. The molecule has 0 radical (unpaired) electrons. The van der Waals surface area contributed by atoms with Gasteiger partial charge in [-0.1, -0.05) is 30.3 Å². The Hall–Kier alpha value is -2.51. The van der Waals surface area contributed by atoms with Gasteiger partial charge in [0, 0.05) is 30.1 Å². The molecule has 26 heavy (non-hydrogen) atoms. The number of nitriles is 1. The lowest BCUT2D eigenvalue weighted by Gasteiger charge is -2.38. The summed E-state index contributed by atoms with van der Waals surface area (Å²) in [5, 5.41) is 9.00. The van der Waals surface area contributed by atoms with Crippen LogP contribution in [0.25, 0.3) is 0 Å². The lowest BCUT2D eigenvalue weighted by atomic mass is 9.84. The summed E-state index contributed by atoms with van der Waals surface area (Å²) in [4.78, 5) is 15.5. The minimum Gasteiger partial charge on any atom is -0.294 e. The van der Waals surface area contributed by atoms with Gasteiger partial charge >= 0.3 is 0 Å². The highest BCUT2D eigenvalue weighted by Gasteiger charge is 2.42. The Kier molecular flexibility index (Phi) is 4.57. The molecule has 0 spiro atoms. The molecule has 2 saturated heterocycles. The first-order chi connectivity index (χ1) is 12.7. The fraction of sp³-hybridized carbons (Fsp3) is 0.364. The van der Waals surface area contributed by atoms with E-state index in [4.69, 9.17) is 5.26 Å². The first-order valence-corrected chi connectivity index (χ1v) is 9.19. The van der Waals surface area contributed by atoms with Crippen LogP contribution in [0.3, 0.4) is 0 Å². The van der Waals surface area contributed by atoms with Gasteiger partial charge in [-0.3, -0.25) is 9.69 Å². The van der Waals surface area contributed by atoms with Crippen LogP contribution < -0.4 is 0 Å². The molecule has 4 heteroatoms. The Bertz CT molecular complexity index is 844. The van der Waals surface area contributed by atoms with Gasteiger partial charge in [0.05, 0.1) is 5.56 Å². The van der Waals surface area contributed by atoms with Crippen LogP contribution in [0.15, 0.2) is 48.5 Å². The fourth-order valence-corrected chi connectivity index (χ4v) is 4.54. The van der Waals surface area contributed by atoms with E-state index < -0.39 is 5.82 Å². The van der Waals surface area contributed by atoms with Crippen molar-refractivity contribution in [3.8, 4) is 6.07 Å². The van der Waals surface area contributed by atoms with E-state index in [9.17, 15) is 9.18 Å². The molecule has 2 unspecified atom stereocenters. The van der Waals surface area contributed by atoms with Crippen LogP contribution in [0, 0.1) is 23.1 Å². The fourth-order valence-electron chi connectivity index (χ4n) is 4.54. The molecule has 0 aromatic heterocycles. The highest BCUT2D eigenvalue weighted by atomic mass is 19.1. The van der Waals surface area contributed by atoms with Gasteiger partial charge in [-0.15, -0.1) is 0 Å². The topological polar surface area (TPSA) is 44.1 Å². The van der Waals surface area contributed by atoms with Crippen LogP contribution in [-0.2, 0) is 6.54 Å². The maximum absolute atomic E-state index is 13.5. The number of benzene rings is 2. The molecular weight excluding hydrogens is 327 g/mol. The summed E-state index contributed by atoms with van der Waals surface area (Å²) >= 11 is 0. The zero-order chi connectivity index (χ0) is 18.1. The summed E-state index contributed by atoms with van der Waals surface area (Å²) in [6.45, 7) is 0.937. The highest BCUT2D eigenvalue weighted by molar-refractivity contribution is 5.98. The second-order valence-electron chi connectivity index (χ2n) is 7.38. The predicted octanol–water partition coefficient (Wildman–Crippen LogP) is 4.32. The van der Waals surface area contributed by atoms with Crippen LogP contribution in [0.1, 0.15) is 47.2 Å². The number of hydrogen-bond acceptors (Lipinski definition) is 3. The number of fused-ring (bicyclic) bond motifs is 2. The van der Waals surface area contributed by atoms with Gasteiger partial charge in [0.15, 0.2) is 5.78 Å². The van der Waals surface area contributed by atoms with Crippen LogP contribution >= 0.6 is 0 Å². The van der Waals surface area contributed by atoms with Crippen molar-refractivity contribution in [1.82, 2.24) is 4.90 Å². The van der Waals surface area contributed by atoms with Crippen molar-refractivity contribution < 1.29 is 9.18 Å². The molecule has 0 saturated carbocycles. The number of Topliss-reactive ketones (excluding diaryl/α,β-unsaturated/α-hetero) is 1. The Labute approximate surface area is 153 Å². The van der Waals surface area contributed by atoms with E-state index >= 15 is 0 Å². The van der Waals surface area contributed by atoms with Crippen LogP contribution in [0.5, 0.6) is 0 Å². The Balaban J connectivity index is 1.48. The lowest BCUT2D eigenvalue weighted by Crippen LogP contribution is -2.44. The monoisotopic (exact) mass is 348 g/mol. The van der Waals surface area contributed by atoms with Gasteiger partial charge in [-0.2, -0.15) is 5.26 Å². The van der Waals surface area contributed by atoms with Gasteiger partial charge in [0.25, 0.3) is 0 Å². The Morgan fingerprint density at radius 1 is 1.12 bits per heavy atom. The predicted molar refractivity (Wildman–Crippen MR) is 97.0 cm³/mol. The minimum absolute atomic E-state index is 0.0310. The van der Waals surface area contributed by atoms with Crippen LogP contribution in [-0.4, -0.2) is 22.8 Å². The third-order valence-electron chi connectivity index (χ3n) is 5.83. The first kappa shape index (κ1) is 16.9. The molecule has 2 bridgehead atoms. The molecule has 2 aromatic rings. The molecule has 2 aliphatic rings. The molecule has 2 fully saturated rings. The van der Waals surface area contributed by atoms with E-state index in [1.807, 2.05) is 12.1 Å². The molecule has 2 heterocycles.